The van der Waals surface area contributed by atoms with Crippen LogP contribution >= 0.6 is 11.6 Å². The van der Waals surface area contributed by atoms with Gasteiger partial charge in [-0.3, -0.25) is 0 Å². The lowest BCUT2D eigenvalue weighted by atomic mass is 9.84. The smallest absolute Gasteiger partial charge is 0.0624 e. The van der Waals surface area contributed by atoms with Crippen LogP contribution in [0.25, 0.3) is 0 Å². The van der Waals surface area contributed by atoms with Crippen LogP contribution in [-0.4, -0.2) is 6.04 Å². The van der Waals surface area contributed by atoms with Crippen molar-refractivity contribution in [2.24, 2.45) is 5.92 Å². The molecule has 1 saturated carbocycles. The van der Waals surface area contributed by atoms with Gasteiger partial charge in [0.05, 0.1) is 6.07 Å². The molecule has 1 N–H and O–H groups in total. The Labute approximate surface area is 114 Å². The molecule has 3 heteroatoms. The summed E-state index contributed by atoms with van der Waals surface area (Å²) in [4.78, 5) is 0. The lowest BCUT2D eigenvalue weighted by Gasteiger charge is -2.28. The van der Waals surface area contributed by atoms with E-state index in [1.807, 2.05) is 12.1 Å². The van der Waals surface area contributed by atoms with Crippen molar-refractivity contribution in [1.82, 2.24) is 5.32 Å². The first kappa shape index (κ1) is 13.4. The molecule has 0 aliphatic heterocycles. The molecule has 0 atom stereocenters. The van der Waals surface area contributed by atoms with E-state index in [0.717, 1.165) is 18.0 Å². The van der Waals surface area contributed by atoms with E-state index in [-0.39, 0.29) is 0 Å². The molecule has 2 nitrogen and oxygen atoms in total. The Morgan fingerprint density at radius 3 is 2.44 bits per heavy atom. The summed E-state index contributed by atoms with van der Waals surface area (Å²) < 4.78 is 0. The topological polar surface area (TPSA) is 35.8 Å². The summed E-state index contributed by atoms with van der Waals surface area (Å²) in [6.45, 7) is 0.907. The predicted molar refractivity (Wildman–Crippen MR) is 74.3 cm³/mol. The van der Waals surface area contributed by atoms with Gasteiger partial charge in [0.2, 0.25) is 0 Å². The van der Waals surface area contributed by atoms with Crippen LogP contribution < -0.4 is 5.32 Å². The molecule has 1 fully saturated rings. The molecule has 0 spiro atoms. The Kier molecular flexibility index (Phi) is 5.04. The third-order valence-electron chi connectivity index (χ3n) is 3.73. The second kappa shape index (κ2) is 6.78. The lowest BCUT2D eigenvalue weighted by Crippen LogP contribution is -2.32. The minimum atomic E-state index is 0.607. The molecule has 1 aromatic rings. The fourth-order valence-electron chi connectivity index (χ4n) is 2.56. The Balaban J connectivity index is 1.72. The number of hydrogen-bond donors (Lipinski definition) is 1. The summed E-state index contributed by atoms with van der Waals surface area (Å²) in [6, 6.07) is 10.9. The second-order valence-electron chi connectivity index (χ2n) is 5.09. The van der Waals surface area contributed by atoms with Gasteiger partial charge >= 0.3 is 0 Å². The molecule has 1 aliphatic rings. The molecule has 2 rings (SSSR count). The molecule has 0 saturated heterocycles. The van der Waals surface area contributed by atoms with Crippen LogP contribution in [0.2, 0.25) is 5.02 Å². The second-order valence-corrected chi connectivity index (χ2v) is 5.52. The molecule has 96 valence electrons. The van der Waals surface area contributed by atoms with E-state index in [9.17, 15) is 0 Å². The summed E-state index contributed by atoms with van der Waals surface area (Å²) in [6.07, 6.45) is 5.49. The van der Waals surface area contributed by atoms with Gasteiger partial charge < -0.3 is 5.32 Å². The molecule has 0 bridgehead atoms. The van der Waals surface area contributed by atoms with Gasteiger partial charge in [0.1, 0.15) is 0 Å². The first-order valence-electron chi connectivity index (χ1n) is 6.62. The van der Waals surface area contributed by atoms with Crippen molar-refractivity contribution < 1.29 is 0 Å². The number of nitrogens with one attached hydrogen (secondary N) is 1. The quantitative estimate of drug-likeness (QED) is 0.893. The Morgan fingerprint density at radius 1 is 1.17 bits per heavy atom. The number of benzene rings is 1. The summed E-state index contributed by atoms with van der Waals surface area (Å²) in [5, 5.41) is 13.1. The fourth-order valence-corrected chi connectivity index (χ4v) is 2.69. The van der Waals surface area contributed by atoms with E-state index >= 15 is 0 Å². The zero-order chi connectivity index (χ0) is 12.8. The van der Waals surface area contributed by atoms with E-state index < -0.39 is 0 Å². The Morgan fingerprint density at radius 2 is 1.83 bits per heavy atom. The van der Waals surface area contributed by atoms with Crippen molar-refractivity contribution in [3.8, 4) is 6.07 Å². The molecule has 0 unspecified atom stereocenters. The van der Waals surface area contributed by atoms with Crippen LogP contribution in [0.5, 0.6) is 0 Å². The lowest BCUT2D eigenvalue weighted by molar-refractivity contribution is 0.294. The molecule has 0 amide bonds. The standard InChI is InChI=1S/C15H19ClN2/c16-14-5-1-13(2-6-14)11-18-15-7-3-12(4-8-15)9-10-17/h1-2,5-6,12,15,18H,3-4,7-9,11H2/t12-,15-. The predicted octanol–water partition coefficient (Wildman–Crippen LogP) is 3.90. The van der Waals surface area contributed by atoms with E-state index in [1.54, 1.807) is 0 Å². The van der Waals surface area contributed by atoms with E-state index in [2.05, 4.69) is 23.5 Å². The molecule has 0 heterocycles. The molecule has 1 aliphatic carbocycles. The van der Waals surface area contributed by atoms with Crippen LogP contribution in [0.1, 0.15) is 37.7 Å². The highest BCUT2D eigenvalue weighted by atomic mass is 35.5. The van der Waals surface area contributed by atoms with Gasteiger partial charge in [0, 0.05) is 24.0 Å². The SMILES string of the molecule is N#CC[C@H]1CC[C@H](NCc2ccc(Cl)cc2)CC1. The third-order valence-corrected chi connectivity index (χ3v) is 3.99. The summed E-state index contributed by atoms with van der Waals surface area (Å²) in [5.41, 5.74) is 1.28. The maximum absolute atomic E-state index is 8.68. The monoisotopic (exact) mass is 262 g/mol. The maximum atomic E-state index is 8.68. The van der Waals surface area contributed by atoms with Gasteiger partial charge in [-0.05, 0) is 49.3 Å². The van der Waals surface area contributed by atoms with E-state index in [4.69, 9.17) is 16.9 Å². The van der Waals surface area contributed by atoms with Gasteiger partial charge in [-0.15, -0.1) is 0 Å². The number of halogens is 1. The van der Waals surface area contributed by atoms with Crippen LogP contribution in [0.15, 0.2) is 24.3 Å². The van der Waals surface area contributed by atoms with Gasteiger partial charge in [0.15, 0.2) is 0 Å². The van der Waals surface area contributed by atoms with Crippen molar-refractivity contribution in [1.29, 1.82) is 5.26 Å². The highest BCUT2D eigenvalue weighted by Crippen LogP contribution is 2.26. The average Bonchev–Trinajstić information content (AvgIpc) is 2.40. The van der Waals surface area contributed by atoms with E-state index in [1.165, 1.54) is 31.2 Å². The van der Waals surface area contributed by atoms with Gasteiger partial charge in [-0.1, -0.05) is 23.7 Å². The van der Waals surface area contributed by atoms with Crippen LogP contribution in [0, 0.1) is 17.2 Å². The molecular weight excluding hydrogens is 244 g/mol. The molecule has 0 radical (unpaired) electrons. The number of nitrogens with zero attached hydrogens (tertiary/aromatic N) is 1. The first-order chi connectivity index (χ1) is 8.78. The fraction of sp³-hybridized carbons (Fsp3) is 0.533. The molecular formula is C15H19ClN2. The highest BCUT2D eigenvalue weighted by molar-refractivity contribution is 6.30. The van der Waals surface area contributed by atoms with Gasteiger partial charge in [-0.2, -0.15) is 5.26 Å². The van der Waals surface area contributed by atoms with Crippen LogP contribution in [0.4, 0.5) is 0 Å². The van der Waals surface area contributed by atoms with Crippen molar-refractivity contribution in [3.05, 3.63) is 34.9 Å². The first-order valence-corrected chi connectivity index (χ1v) is 7.00. The van der Waals surface area contributed by atoms with Crippen LogP contribution in [0.3, 0.4) is 0 Å². The van der Waals surface area contributed by atoms with Crippen LogP contribution in [-0.2, 0) is 6.54 Å². The highest BCUT2D eigenvalue weighted by Gasteiger charge is 2.20. The summed E-state index contributed by atoms with van der Waals surface area (Å²) >= 11 is 5.86. The van der Waals surface area contributed by atoms with Gasteiger partial charge in [-0.25, -0.2) is 0 Å². The van der Waals surface area contributed by atoms with Crippen molar-refractivity contribution >= 4 is 11.6 Å². The van der Waals surface area contributed by atoms with Crippen molar-refractivity contribution in [3.63, 3.8) is 0 Å². The Hall–Kier alpha value is -1.04. The molecule has 1 aromatic carbocycles. The number of hydrogen-bond acceptors (Lipinski definition) is 2. The number of rotatable bonds is 4. The van der Waals surface area contributed by atoms with Gasteiger partial charge in [0.25, 0.3) is 0 Å². The van der Waals surface area contributed by atoms with Crippen molar-refractivity contribution in [2.45, 2.75) is 44.7 Å². The minimum absolute atomic E-state index is 0.607. The number of nitriles is 1. The summed E-state index contributed by atoms with van der Waals surface area (Å²) in [5.74, 6) is 0.628. The average molecular weight is 263 g/mol. The Bertz CT molecular complexity index is 399. The zero-order valence-electron chi connectivity index (χ0n) is 10.5. The largest absolute Gasteiger partial charge is 0.310 e. The molecule has 18 heavy (non-hydrogen) atoms. The normalized spacial score (nSPS) is 23.6. The summed E-state index contributed by atoms with van der Waals surface area (Å²) in [7, 11) is 0. The van der Waals surface area contributed by atoms with Crippen molar-refractivity contribution in [2.75, 3.05) is 0 Å². The maximum Gasteiger partial charge on any atom is 0.0624 e. The zero-order valence-corrected chi connectivity index (χ0v) is 11.3. The third kappa shape index (κ3) is 4.01. The van der Waals surface area contributed by atoms with E-state index in [0.29, 0.717) is 12.0 Å². The minimum Gasteiger partial charge on any atom is -0.310 e. The molecule has 0 aromatic heterocycles.